The third-order valence-corrected chi connectivity index (χ3v) is 2.80. The number of halogens is 1. The lowest BCUT2D eigenvalue weighted by Crippen LogP contribution is -2.17. The second-order valence-corrected chi connectivity index (χ2v) is 4.53. The molecule has 0 spiro atoms. The average Bonchev–Trinajstić information content (AvgIpc) is 2.17. The summed E-state index contributed by atoms with van der Waals surface area (Å²) in [7, 11) is 0. The first-order valence-electron chi connectivity index (χ1n) is 5.34. The molecular formula is C13H17ClO. The molecule has 0 aliphatic carbocycles. The molecule has 0 aromatic heterocycles. The van der Waals surface area contributed by atoms with E-state index in [2.05, 4.69) is 13.8 Å². The number of hydrogen-bond acceptors (Lipinski definition) is 1. The van der Waals surface area contributed by atoms with Gasteiger partial charge in [-0.15, -0.1) is 0 Å². The molecule has 82 valence electrons. The van der Waals surface area contributed by atoms with Crippen molar-refractivity contribution in [3.8, 4) is 0 Å². The Hall–Kier alpha value is -0.820. The van der Waals surface area contributed by atoms with Crippen LogP contribution in [0.25, 0.3) is 0 Å². The van der Waals surface area contributed by atoms with Gasteiger partial charge in [0.25, 0.3) is 0 Å². The second kappa shape index (κ2) is 5.32. The monoisotopic (exact) mass is 224 g/mol. The molecule has 1 rings (SSSR count). The van der Waals surface area contributed by atoms with Crippen molar-refractivity contribution < 1.29 is 4.79 Å². The SMILES string of the molecule is CCC(=O)C(c1cccc(Cl)c1)C(C)C. The summed E-state index contributed by atoms with van der Waals surface area (Å²) < 4.78 is 0. The Morgan fingerprint density at radius 3 is 2.53 bits per heavy atom. The minimum atomic E-state index is -0.0197. The van der Waals surface area contributed by atoms with Crippen molar-refractivity contribution in [3.63, 3.8) is 0 Å². The first kappa shape index (κ1) is 12.3. The van der Waals surface area contributed by atoms with Crippen LogP contribution >= 0.6 is 11.6 Å². The van der Waals surface area contributed by atoms with Gasteiger partial charge in [0.15, 0.2) is 0 Å². The minimum Gasteiger partial charge on any atom is -0.299 e. The highest BCUT2D eigenvalue weighted by Crippen LogP contribution is 2.28. The van der Waals surface area contributed by atoms with Gasteiger partial charge in [-0.05, 0) is 23.6 Å². The maximum atomic E-state index is 11.8. The molecule has 0 heterocycles. The molecule has 15 heavy (non-hydrogen) atoms. The molecular weight excluding hydrogens is 208 g/mol. The molecule has 0 radical (unpaired) electrons. The van der Waals surface area contributed by atoms with E-state index < -0.39 is 0 Å². The summed E-state index contributed by atoms with van der Waals surface area (Å²) in [6.07, 6.45) is 0.579. The lowest BCUT2D eigenvalue weighted by molar-refractivity contribution is -0.121. The fourth-order valence-electron chi connectivity index (χ4n) is 1.86. The second-order valence-electron chi connectivity index (χ2n) is 4.10. The summed E-state index contributed by atoms with van der Waals surface area (Å²) in [6.45, 7) is 6.04. The Bertz CT molecular complexity index is 344. The zero-order valence-electron chi connectivity index (χ0n) is 9.46. The Morgan fingerprint density at radius 2 is 2.07 bits per heavy atom. The molecule has 1 aromatic carbocycles. The van der Waals surface area contributed by atoms with E-state index in [1.165, 1.54) is 0 Å². The fraction of sp³-hybridized carbons (Fsp3) is 0.462. The topological polar surface area (TPSA) is 17.1 Å². The van der Waals surface area contributed by atoms with Crippen LogP contribution in [0.2, 0.25) is 5.02 Å². The summed E-state index contributed by atoms with van der Waals surface area (Å²) in [5, 5.41) is 0.696. The largest absolute Gasteiger partial charge is 0.299 e. The number of carbonyl (C=O) groups excluding carboxylic acids is 1. The predicted octanol–water partition coefficient (Wildman–Crippen LogP) is 4.06. The van der Waals surface area contributed by atoms with E-state index >= 15 is 0 Å². The van der Waals surface area contributed by atoms with Crippen LogP contribution in [0.5, 0.6) is 0 Å². The molecule has 0 aliphatic heterocycles. The Morgan fingerprint density at radius 1 is 1.40 bits per heavy atom. The van der Waals surface area contributed by atoms with E-state index in [1.54, 1.807) is 0 Å². The summed E-state index contributed by atoms with van der Waals surface area (Å²) in [6, 6.07) is 7.60. The summed E-state index contributed by atoms with van der Waals surface area (Å²) >= 11 is 5.93. The van der Waals surface area contributed by atoms with Crippen molar-refractivity contribution in [3.05, 3.63) is 34.9 Å². The van der Waals surface area contributed by atoms with Crippen LogP contribution in [0.3, 0.4) is 0 Å². The van der Waals surface area contributed by atoms with Gasteiger partial charge in [-0.2, -0.15) is 0 Å². The number of hydrogen-bond donors (Lipinski definition) is 0. The van der Waals surface area contributed by atoms with Crippen molar-refractivity contribution in [1.82, 2.24) is 0 Å². The third kappa shape index (κ3) is 3.07. The van der Waals surface area contributed by atoms with Gasteiger partial charge in [0.1, 0.15) is 5.78 Å². The number of carbonyl (C=O) groups is 1. The quantitative estimate of drug-likeness (QED) is 0.754. The minimum absolute atomic E-state index is 0.0197. The number of benzene rings is 1. The first-order chi connectivity index (χ1) is 7.06. The van der Waals surface area contributed by atoms with Gasteiger partial charge >= 0.3 is 0 Å². The zero-order chi connectivity index (χ0) is 11.4. The highest BCUT2D eigenvalue weighted by Gasteiger charge is 2.22. The van der Waals surface area contributed by atoms with E-state index in [-0.39, 0.29) is 11.7 Å². The Labute approximate surface area is 96.5 Å². The molecule has 1 unspecified atom stereocenters. The molecule has 1 nitrogen and oxygen atoms in total. The molecule has 1 atom stereocenters. The van der Waals surface area contributed by atoms with Crippen molar-refractivity contribution in [2.24, 2.45) is 5.92 Å². The van der Waals surface area contributed by atoms with Gasteiger partial charge in [0.05, 0.1) is 0 Å². The number of ketones is 1. The number of Topliss-reactive ketones (excluding diaryl/α,β-unsaturated/α-hetero) is 1. The molecule has 0 N–H and O–H groups in total. The smallest absolute Gasteiger partial charge is 0.140 e. The fourth-order valence-corrected chi connectivity index (χ4v) is 2.06. The molecule has 0 fully saturated rings. The zero-order valence-corrected chi connectivity index (χ0v) is 10.2. The molecule has 0 aliphatic rings. The summed E-state index contributed by atoms with van der Waals surface area (Å²) in [4.78, 5) is 11.8. The van der Waals surface area contributed by atoms with Crippen LogP contribution in [-0.4, -0.2) is 5.78 Å². The summed E-state index contributed by atoms with van der Waals surface area (Å²) in [5.74, 6) is 0.580. The summed E-state index contributed by atoms with van der Waals surface area (Å²) in [5.41, 5.74) is 1.03. The van der Waals surface area contributed by atoms with Crippen LogP contribution < -0.4 is 0 Å². The third-order valence-electron chi connectivity index (χ3n) is 2.57. The van der Waals surface area contributed by atoms with Crippen LogP contribution in [0, 0.1) is 5.92 Å². The molecule has 1 aromatic rings. The van der Waals surface area contributed by atoms with Gasteiger partial charge in [0, 0.05) is 17.4 Å². The highest BCUT2D eigenvalue weighted by molar-refractivity contribution is 6.30. The molecule has 2 heteroatoms. The van der Waals surface area contributed by atoms with E-state index in [0.717, 1.165) is 5.56 Å². The predicted molar refractivity (Wildman–Crippen MR) is 64.3 cm³/mol. The van der Waals surface area contributed by atoms with Crippen LogP contribution in [-0.2, 0) is 4.79 Å². The standard InChI is InChI=1S/C13H17ClO/c1-4-12(15)13(9(2)3)10-6-5-7-11(14)8-10/h5-9,13H,4H2,1-3H3. The Balaban J connectivity index is 3.04. The van der Waals surface area contributed by atoms with Gasteiger partial charge in [-0.1, -0.05) is 44.5 Å². The van der Waals surface area contributed by atoms with E-state index in [1.807, 2.05) is 31.2 Å². The molecule has 0 amide bonds. The maximum Gasteiger partial charge on any atom is 0.140 e. The normalized spacial score (nSPS) is 12.9. The highest BCUT2D eigenvalue weighted by atomic mass is 35.5. The van der Waals surface area contributed by atoms with Gasteiger partial charge in [-0.25, -0.2) is 0 Å². The van der Waals surface area contributed by atoms with Gasteiger partial charge in [-0.3, -0.25) is 4.79 Å². The van der Waals surface area contributed by atoms with Gasteiger partial charge < -0.3 is 0 Å². The van der Waals surface area contributed by atoms with Crippen molar-refractivity contribution >= 4 is 17.4 Å². The van der Waals surface area contributed by atoms with Crippen molar-refractivity contribution in [2.75, 3.05) is 0 Å². The first-order valence-corrected chi connectivity index (χ1v) is 5.72. The maximum absolute atomic E-state index is 11.8. The Kier molecular flexibility index (Phi) is 4.34. The van der Waals surface area contributed by atoms with Crippen molar-refractivity contribution in [1.29, 1.82) is 0 Å². The number of rotatable bonds is 4. The van der Waals surface area contributed by atoms with E-state index in [9.17, 15) is 4.79 Å². The molecule has 0 saturated heterocycles. The lowest BCUT2D eigenvalue weighted by atomic mass is 9.84. The molecule has 0 saturated carbocycles. The average molecular weight is 225 g/mol. The van der Waals surface area contributed by atoms with Gasteiger partial charge in [0.2, 0.25) is 0 Å². The lowest BCUT2D eigenvalue weighted by Gasteiger charge is -2.19. The van der Waals surface area contributed by atoms with Crippen molar-refractivity contribution in [2.45, 2.75) is 33.1 Å². The van der Waals surface area contributed by atoms with Crippen LogP contribution in [0.15, 0.2) is 24.3 Å². The van der Waals surface area contributed by atoms with Crippen LogP contribution in [0.1, 0.15) is 38.7 Å². The van der Waals surface area contributed by atoms with E-state index in [0.29, 0.717) is 17.4 Å². The molecule has 0 bridgehead atoms. The van der Waals surface area contributed by atoms with E-state index in [4.69, 9.17) is 11.6 Å². The van der Waals surface area contributed by atoms with Crippen LogP contribution in [0.4, 0.5) is 0 Å².